The SMILES string of the molecule is Cl.c1cc(CO[C@H]2CCCNC2)ccn1. The highest BCUT2D eigenvalue weighted by Gasteiger charge is 2.12. The molecule has 1 saturated heterocycles. The number of hydrogen-bond acceptors (Lipinski definition) is 3. The van der Waals surface area contributed by atoms with Crippen LogP contribution in [0.5, 0.6) is 0 Å². The molecule has 1 atom stereocenters. The highest BCUT2D eigenvalue weighted by molar-refractivity contribution is 5.85. The average molecular weight is 229 g/mol. The zero-order chi connectivity index (χ0) is 9.64. The van der Waals surface area contributed by atoms with Crippen LogP contribution in [0.3, 0.4) is 0 Å². The van der Waals surface area contributed by atoms with E-state index in [9.17, 15) is 0 Å². The number of hydrogen-bond donors (Lipinski definition) is 1. The van der Waals surface area contributed by atoms with E-state index in [2.05, 4.69) is 10.3 Å². The van der Waals surface area contributed by atoms with Crippen LogP contribution in [0.25, 0.3) is 0 Å². The summed E-state index contributed by atoms with van der Waals surface area (Å²) in [6.45, 7) is 2.83. The van der Waals surface area contributed by atoms with Gasteiger partial charge in [0.05, 0.1) is 12.7 Å². The predicted octanol–water partition coefficient (Wildman–Crippen LogP) is 1.77. The van der Waals surface area contributed by atoms with Gasteiger partial charge in [0.15, 0.2) is 0 Å². The second kappa shape index (κ2) is 6.77. The molecular formula is C11H17ClN2O. The summed E-state index contributed by atoms with van der Waals surface area (Å²) in [4.78, 5) is 3.97. The Kier molecular flexibility index (Phi) is 5.61. The molecule has 4 heteroatoms. The Bertz CT molecular complexity index is 263. The van der Waals surface area contributed by atoms with Gasteiger partial charge in [0.1, 0.15) is 0 Å². The molecule has 0 aliphatic carbocycles. The first-order valence-electron chi connectivity index (χ1n) is 5.16. The number of nitrogens with zero attached hydrogens (tertiary/aromatic N) is 1. The molecule has 1 aromatic rings. The first-order valence-corrected chi connectivity index (χ1v) is 5.16. The van der Waals surface area contributed by atoms with Gasteiger partial charge in [-0.25, -0.2) is 0 Å². The maximum absolute atomic E-state index is 5.78. The van der Waals surface area contributed by atoms with Crippen LogP contribution in [0, 0.1) is 0 Å². The molecular weight excluding hydrogens is 212 g/mol. The molecule has 0 saturated carbocycles. The topological polar surface area (TPSA) is 34.1 Å². The van der Waals surface area contributed by atoms with Crippen LogP contribution in [0.4, 0.5) is 0 Å². The van der Waals surface area contributed by atoms with Crippen LogP contribution < -0.4 is 5.32 Å². The van der Waals surface area contributed by atoms with Gasteiger partial charge >= 0.3 is 0 Å². The third-order valence-corrected chi connectivity index (χ3v) is 2.49. The van der Waals surface area contributed by atoms with Crippen molar-refractivity contribution in [1.82, 2.24) is 10.3 Å². The molecule has 0 amide bonds. The minimum absolute atomic E-state index is 0. The molecule has 1 aliphatic rings. The molecule has 1 fully saturated rings. The van der Waals surface area contributed by atoms with Crippen LogP contribution >= 0.6 is 12.4 Å². The van der Waals surface area contributed by atoms with Crippen molar-refractivity contribution in [2.75, 3.05) is 13.1 Å². The minimum atomic E-state index is 0. The fraction of sp³-hybridized carbons (Fsp3) is 0.545. The summed E-state index contributed by atoms with van der Waals surface area (Å²) in [6, 6.07) is 3.99. The number of rotatable bonds is 3. The van der Waals surface area contributed by atoms with Crippen LogP contribution in [-0.2, 0) is 11.3 Å². The average Bonchev–Trinajstić information content (AvgIpc) is 2.29. The quantitative estimate of drug-likeness (QED) is 0.857. The molecule has 0 radical (unpaired) electrons. The standard InChI is InChI=1S/C11H16N2O.ClH/c1-2-11(8-13-5-1)14-9-10-3-6-12-7-4-10;/h3-4,6-7,11,13H,1-2,5,8-9H2;1H/t11-;/m0./s1. The van der Waals surface area contributed by atoms with Crippen LogP contribution in [0.1, 0.15) is 18.4 Å². The molecule has 0 spiro atoms. The molecule has 2 rings (SSSR count). The van der Waals surface area contributed by atoms with Gasteiger partial charge in [-0.1, -0.05) is 0 Å². The van der Waals surface area contributed by atoms with Crippen LogP contribution in [-0.4, -0.2) is 24.2 Å². The van der Waals surface area contributed by atoms with Crippen molar-refractivity contribution in [2.45, 2.75) is 25.6 Å². The fourth-order valence-electron chi connectivity index (χ4n) is 1.66. The Morgan fingerprint density at radius 2 is 2.20 bits per heavy atom. The smallest absolute Gasteiger partial charge is 0.0722 e. The van der Waals surface area contributed by atoms with Crippen molar-refractivity contribution in [3.8, 4) is 0 Å². The summed E-state index contributed by atoms with van der Waals surface area (Å²) in [5.41, 5.74) is 1.20. The van der Waals surface area contributed by atoms with Gasteiger partial charge in [-0.3, -0.25) is 4.98 Å². The fourth-order valence-corrected chi connectivity index (χ4v) is 1.66. The molecule has 2 heterocycles. The number of nitrogens with one attached hydrogen (secondary N) is 1. The summed E-state index contributed by atoms with van der Waals surface area (Å²) < 4.78 is 5.78. The van der Waals surface area contributed by atoms with Gasteiger partial charge in [0.2, 0.25) is 0 Å². The van der Waals surface area contributed by atoms with Gasteiger partial charge in [-0.05, 0) is 37.1 Å². The summed E-state index contributed by atoms with van der Waals surface area (Å²) in [5, 5.41) is 3.33. The van der Waals surface area contributed by atoms with Gasteiger partial charge < -0.3 is 10.1 Å². The van der Waals surface area contributed by atoms with E-state index in [1.54, 1.807) is 12.4 Å². The molecule has 1 aliphatic heterocycles. The maximum atomic E-state index is 5.78. The molecule has 84 valence electrons. The Labute approximate surface area is 96.7 Å². The Morgan fingerprint density at radius 1 is 1.40 bits per heavy atom. The van der Waals surface area contributed by atoms with Crippen molar-refractivity contribution in [3.05, 3.63) is 30.1 Å². The van der Waals surface area contributed by atoms with E-state index in [4.69, 9.17) is 4.74 Å². The van der Waals surface area contributed by atoms with Crippen LogP contribution in [0.15, 0.2) is 24.5 Å². The lowest BCUT2D eigenvalue weighted by Crippen LogP contribution is -2.35. The summed E-state index contributed by atoms with van der Waals surface area (Å²) in [5.74, 6) is 0. The lowest BCUT2D eigenvalue weighted by Gasteiger charge is -2.22. The third kappa shape index (κ3) is 4.16. The summed E-state index contributed by atoms with van der Waals surface area (Å²) in [6.07, 6.45) is 6.39. The molecule has 15 heavy (non-hydrogen) atoms. The van der Waals surface area contributed by atoms with E-state index in [-0.39, 0.29) is 12.4 Å². The van der Waals surface area contributed by atoms with E-state index < -0.39 is 0 Å². The number of halogens is 1. The number of ether oxygens (including phenoxy) is 1. The van der Waals surface area contributed by atoms with E-state index in [0.717, 1.165) is 13.1 Å². The highest BCUT2D eigenvalue weighted by atomic mass is 35.5. The number of piperidine rings is 1. The molecule has 1 N–H and O–H groups in total. The first-order chi connectivity index (χ1) is 6.95. The molecule has 3 nitrogen and oxygen atoms in total. The van der Waals surface area contributed by atoms with Crippen molar-refractivity contribution in [1.29, 1.82) is 0 Å². The molecule has 0 bridgehead atoms. The summed E-state index contributed by atoms with van der Waals surface area (Å²) >= 11 is 0. The van der Waals surface area contributed by atoms with Gasteiger partial charge in [-0.15, -0.1) is 12.4 Å². The second-order valence-electron chi connectivity index (χ2n) is 3.63. The second-order valence-corrected chi connectivity index (χ2v) is 3.63. The van der Waals surface area contributed by atoms with Crippen molar-refractivity contribution in [2.24, 2.45) is 0 Å². The van der Waals surface area contributed by atoms with Gasteiger partial charge in [-0.2, -0.15) is 0 Å². The molecule has 1 aromatic heterocycles. The normalized spacial score (nSPS) is 20.7. The number of pyridine rings is 1. The van der Waals surface area contributed by atoms with Crippen molar-refractivity contribution in [3.63, 3.8) is 0 Å². The summed E-state index contributed by atoms with van der Waals surface area (Å²) in [7, 11) is 0. The predicted molar refractivity (Wildman–Crippen MR) is 62.2 cm³/mol. The van der Waals surface area contributed by atoms with Crippen LogP contribution in [0.2, 0.25) is 0 Å². The third-order valence-electron chi connectivity index (χ3n) is 2.49. The van der Waals surface area contributed by atoms with Gasteiger partial charge in [0.25, 0.3) is 0 Å². The van der Waals surface area contributed by atoms with E-state index in [1.165, 1.54) is 18.4 Å². The molecule has 0 aromatic carbocycles. The van der Waals surface area contributed by atoms with E-state index in [0.29, 0.717) is 12.7 Å². The van der Waals surface area contributed by atoms with Gasteiger partial charge in [0, 0.05) is 18.9 Å². The first kappa shape index (κ1) is 12.4. The maximum Gasteiger partial charge on any atom is 0.0722 e. The lowest BCUT2D eigenvalue weighted by molar-refractivity contribution is 0.0252. The number of aromatic nitrogens is 1. The largest absolute Gasteiger partial charge is 0.372 e. The minimum Gasteiger partial charge on any atom is -0.372 e. The Hall–Kier alpha value is -0.640. The Morgan fingerprint density at radius 3 is 2.87 bits per heavy atom. The zero-order valence-electron chi connectivity index (χ0n) is 8.69. The van der Waals surface area contributed by atoms with Crippen molar-refractivity contribution >= 4 is 12.4 Å². The van der Waals surface area contributed by atoms with E-state index >= 15 is 0 Å². The Balaban J connectivity index is 0.00000112. The highest BCUT2D eigenvalue weighted by Crippen LogP contribution is 2.09. The van der Waals surface area contributed by atoms with E-state index in [1.807, 2.05) is 12.1 Å². The lowest BCUT2D eigenvalue weighted by atomic mass is 10.1. The monoisotopic (exact) mass is 228 g/mol. The molecule has 0 unspecified atom stereocenters. The van der Waals surface area contributed by atoms with Crippen molar-refractivity contribution < 1.29 is 4.74 Å². The zero-order valence-corrected chi connectivity index (χ0v) is 9.50.